The van der Waals surface area contributed by atoms with Gasteiger partial charge in [0.25, 0.3) is 0 Å². The van der Waals surface area contributed by atoms with E-state index in [0.29, 0.717) is 0 Å². The number of hydrogen-bond acceptors (Lipinski definition) is 1. The number of carbonyl (C=O) groups excluding carboxylic acids is 1. The second-order valence-corrected chi connectivity index (χ2v) is 4.27. The van der Waals surface area contributed by atoms with Crippen LogP contribution in [0.3, 0.4) is 0 Å². The van der Waals surface area contributed by atoms with Gasteiger partial charge in [0.1, 0.15) is 0 Å². The molecule has 0 aliphatic rings. The largest absolute Gasteiger partial charge is 0.410 e. The first-order valence-corrected chi connectivity index (χ1v) is 5.26. The van der Waals surface area contributed by atoms with Crippen molar-refractivity contribution >= 4 is 5.78 Å². The molecule has 0 saturated carbocycles. The zero-order valence-electron chi connectivity index (χ0n) is 10.5. The van der Waals surface area contributed by atoms with Crippen molar-refractivity contribution in [2.45, 2.75) is 31.1 Å². The van der Waals surface area contributed by atoms with Gasteiger partial charge in [-0.1, -0.05) is 6.08 Å². The van der Waals surface area contributed by atoms with Crippen LogP contribution >= 0.6 is 0 Å². The number of halogens is 12. The summed E-state index contributed by atoms with van der Waals surface area (Å²) in [6, 6.07) is 0. The van der Waals surface area contributed by atoms with Crippen LogP contribution < -0.4 is 0 Å². The van der Waals surface area contributed by atoms with Crippen LogP contribution in [0.1, 0.15) is 6.42 Å². The smallest absolute Gasteiger partial charge is 0.297 e. The number of rotatable bonds is 4. The third-order valence-electron chi connectivity index (χ3n) is 2.76. The van der Waals surface area contributed by atoms with Crippen LogP contribution in [0, 0.1) is 11.3 Å². The molecule has 0 aromatic carbocycles. The standard InChI is InChI=1S/C10H6F12O/c1-2-3-6(9(17,18)19,10(20,21)22)5(23)4(7(11,12)13)8(14,15)16/h2,4H,1,3H2. The molecule has 0 bridgehead atoms. The predicted molar refractivity (Wildman–Crippen MR) is 50.0 cm³/mol. The monoisotopic (exact) mass is 370 g/mol. The lowest BCUT2D eigenvalue weighted by atomic mass is 9.73. The van der Waals surface area contributed by atoms with E-state index < -0.39 is 48.2 Å². The lowest BCUT2D eigenvalue weighted by molar-refractivity contribution is -0.337. The highest BCUT2D eigenvalue weighted by molar-refractivity contribution is 5.90. The van der Waals surface area contributed by atoms with Crippen LogP contribution in [-0.2, 0) is 4.79 Å². The molecular weight excluding hydrogens is 364 g/mol. The summed E-state index contributed by atoms with van der Waals surface area (Å²) in [5.74, 6) is -9.55. The van der Waals surface area contributed by atoms with Crippen LogP contribution in [0.5, 0.6) is 0 Å². The van der Waals surface area contributed by atoms with Crippen LogP contribution in [0.4, 0.5) is 52.7 Å². The molecule has 0 unspecified atom stereocenters. The lowest BCUT2D eigenvalue weighted by Crippen LogP contribution is -2.61. The molecule has 0 heterocycles. The van der Waals surface area contributed by atoms with E-state index >= 15 is 0 Å². The van der Waals surface area contributed by atoms with E-state index in [1.807, 2.05) is 0 Å². The molecule has 136 valence electrons. The third-order valence-corrected chi connectivity index (χ3v) is 2.76. The number of alkyl halides is 12. The van der Waals surface area contributed by atoms with Gasteiger partial charge in [-0.05, 0) is 6.42 Å². The van der Waals surface area contributed by atoms with E-state index in [1.165, 1.54) is 0 Å². The summed E-state index contributed by atoms with van der Waals surface area (Å²) in [6.45, 7) is 2.42. The number of allylic oxidation sites excluding steroid dienone is 1. The summed E-state index contributed by atoms with van der Waals surface area (Å²) in [5.41, 5.74) is -5.88. The van der Waals surface area contributed by atoms with E-state index in [-0.39, 0.29) is 6.08 Å². The molecule has 0 aromatic heterocycles. The molecule has 0 amide bonds. The number of hydrogen-bond donors (Lipinski definition) is 0. The summed E-state index contributed by atoms with van der Waals surface area (Å²) in [5, 5.41) is 0. The van der Waals surface area contributed by atoms with Gasteiger partial charge in [0.05, 0.1) is 0 Å². The predicted octanol–water partition coefficient (Wildman–Crippen LogP) is 4.98. The molecule has 0 N–H and O–H groups in total. The van der Waals surface area contributed by atoms with E-state index in [2.05, 4.69) is 6.58 Å². The normalized spacial score (nSPS) is 15.0. The van der Waals surface area contributed by atoms with Crippen molar-refractivity contribution in [3.05, 3.63) is 12.7 Å². The summed E-state index contributed by atoms with van der Waals surface area (Å²) >= 11 is 0. The van der Waals surface area contributed by atoms with Gasteiger partial charge in [0.2, 0.25) is 11.3 Å². The molecule has 0 fully saturated rings. The SMILES string of the molecule is C=CCC(C(=O)C(C(F)(F)F)C(F)(F)F)(C(F)(F)F)C(F)(F)F. The Morgan fingerprint density at radius 2 is 1.09 bits per heavy atom. The van der Waals surface area contributed by atoms with Crippen LogP contribution in [0.15, 0.2) is 12.7 Å². The average Bonchev–Trinajstić information content (AvgIpc) is 2.16. The second-order valence-electron chi connectivity index (χ2n) is 4.27. The quantitative estimate of drug-likeness (QED) is 0.504. The summed E-state index contributed by atoms with van der Waals surface area (Å²) < 4.78 is 150. The fourth-order valence-corrected chi connectivity index (χ4v) is 1.72. The van der Waals surface area contributed by atoms with Gasteiger partial charge in [-0.3, -0.25) is 4.79 Å². The maximum absolute atomic E-state index is 12.7. The van der Waals surface area contributed by atoms with Crippen molar-refractivity contribution in [1.82, 2.24) is 0 Å². The van der Waals surface area contributed by atoms with E-state index in [4.69, 9.17) is 0 Å². The molecule has 23 heavy (non-hydrogen) atoms. The number of carbonyl (C=O) groups is 1. The van der Waals surface area contributed by atoms with Gasteiger partial charge in [-0.2, -0.15) is 52.7 Å². The highest BCUT2D eigenvalue weighted by atomic mass is 19.4. The van der Waals surface area contributed by atoms with Crippen molar-refractivity contribution < 1.29 is 57.5 Å². The molecule has 0 atom stereocenters. The molecule has 13 heteroatoms. The summed E-state index contributed by atoms with van der Waals surface area (Å²) in [6.07, 6.45) is -29.7. The van der Waals surface area contributed by atoms with E-state index in [9.17, 15) is 57.5 Å². The minimum Gasteiger partial charge on any atom is -0.297 e. The minimum absolute atomic E-state index is 0.233. The lowest BCUT2D eigenvalue weighted by Gasteiger charge is -2.38. The van der Waals surface area contributed by atoms with Crippen LogP contribution in [0.2, 0.25) is 0 Å². The summed E-state index contributed by atoms with van der Waals surface area (Å²) in [7, 11) is 0. The molecule has 0 radical (unpaired) electrons. The van der Waals surface area contributed by atoms with Crippen molar-refractivity contribution in [2.75, 3.05) is 0 Å². The second kappa shape index (κ2) is 5.89. The molecule has 0 aliphatic heterocycles. The van der Waals surface area contributed by atoms with Gasteiger partial charge in [0, 0.05) is 0 Å². The molecule has 0 saturated heterocycles. The minimum atomic E-state index is -6.76. The Bertz CT molecular complexity index is 420. The molecule has 0 aromatic rings. The number of Topliss-reactive ketones (excluding diaryl/α,β-unsaturated/α-hetero) is 1. The van der Waals surface area contributed by atoms with Crippen molar-refractivity contribution in [2.24, 2.45) is 11.3 Å². The van der Waals surface area contributed by atoms with Gasteiger partial charge in [0.15, 0.2) is 5.78 Å². The van der Waals surface area contributed by atoms with Crippen LogP contribution in [0.25, 0.3) is 0 Å². The fraction of sp³-hybridized carbons (Fsp3) is 0.700. The topological polar surface area (TPSA) is 17.1 Å². The Morgan fingerprint density at radius 3 is 1.26 bits per heavy atom. The Balaban J connectivity index is 6.62. The first-order chi connectivity index (χ1) is 9.84. The van der Waals surface area contributed by atoms with Gasteiger partial charge in [-0.25, -0.2) is 0 Å². The number of ketones is 1. The first-order valence-electron chi connectivity index (χ1n) is 5.26. The third kappa shape index (κ3) is 3.91. The van der Waals surface area contributed by atoms with Crippen molar-refractivity contribution in [1.29, 1.82) is 0 Å². The fourth-order valence-electron chi connectivity index (χ4n) is 1.72. The molecule has 0 rings (SSSR count). The van der Waals surface area contributed by atoms with Crippen molar-refractivity contribution in [3.8, 4) is 0 Å². The maximum Gasteiger partial charge on any atom is 0.410 e. The zero-order valence-corrected chi connectivity index (χ0v) is 10.5. The molecule has 0 aliphatic carbocycles. The van der Waals surface area contributed by atoms with E-state index in [1.54, 1.807) is 0 Å². The van der Waals surface area contributed by atoms with Crippen molar-refractivity contribution in [3.63, 3.8) is 0 Å². The Kier molecular flexibility index (Phi) is 5.52. The highest BCUT2D eigenvalue weighted by Gasteiger charge is 2.79. The maximum atomic E-state index is 12.7. The Hall–Kier alpha value is -1.43. The van der Waals surface area contributed by atoms with Crippen LogP contribution in [-0.4, -0.2) is 30.5 Å². The Labute approximate surface area is 119 Å². The van der Waals surface area contributed by atoms with E-state index in [0.717, 1.165) is 0 Å². The first kappa shape index (κ1) is 21.6. The Morgan fingerprint density at radius 1 is 0.783 bits per heavy atom. The average molecular weight is 370 g/mol. The van der Waals surface area contributed by atoms with Gasteiger partial charge in [-0.15, -0.1) is 6.58 Å². The van der Waals surface area contributed by atoms with Gasteiger partial charge >= 0.3 is 24.7 Å². The molecule has 1 nitrogen and oxygen atoms in total. The van der Waals surface area contributed by atoms with Gasteiger partial charge < -0.3 is 0 Å². The molecule has 0 spiro atoms. The zero-order chi connectivity index (χ0) is 19.1. The summed E-state index contributed by atoms with van der Waals surface area (Å²) in [4.78, 5) is 11.2. The molecular formula is C10H6F12O. The highest BCUT2D eigenvalue weighted by Crippen LogP contribution is 2.57.